The van der Waals surface area contributed by atoms with Crippen LogP contribution in [0.4, 0.5) is 5.69 Å². The SMILES string of the molecule is COc1ccccc1NN=c1c2nc3ccccc3nc1n(-c1ccccc1C)c(=S)n2-c1ccc(Cl)cc1. The predicted octanol–water partition coefficient (Wildman–Crippen LogP) is 6.99. The fraction of sp³-hybridized carbons (Fsp3) is 0.0667. The molecule has 0 saturated heterocycles. The van der Waals surface area contributed by atoms with Crippen LogP contribution in [0.1, 0.15) is 5.56 Å². The Kier molecular flexibility index (Phi) is 6.56. The second-order valence-corrected chi connectivity index (χ2v) is 9.65. The number of anilines is 1. The molecule has 4 aromatic carbocycles. The summed E-state index contributed by atoms with van der Waals surface area (Å²) < 4.78 is 9.88. The largest absolute Gasteiger partial charge is 0.495 e. The van der Waals surface area contributed by atoms with Gasteiger partial charge in [0.05, 0.1) is 35.2 Å². The monoisotopic (exact) mass is 550 g/mol. The maximum absolute atomic E-state index is 6.25. The van der Waals surface area contributed by atoms with Gasteiger partial charge in [0.2, 0.25) is 0 Å². The van der Waals surface area contributed by atoms with Crippen LogP contribution < -0.4 is 15.5 Å². The van der Waals surface area contributed by atoms with Gasteiger partial charge in [0.25, 0.3) is 0 Å². The lowest BCUT2D eigenvalue weighted by molar-refractivity contribution is 0.416. The van der Waals surface area contributed by atoms with Crippen LogP contribution in [0.5, 0.6) is 5.75 Å². The number of fused-ring (bicyclic) bond motifs is 3. The highest BCUT2D eigenvalue weighted by Crippen LogP contribution is 2.24. The number of ether oxygens (including phenoxy) is 1. The second-order valence-electron chi connectivity index (χ2n) is 8.85. The van der Waals surface area contributed by atoms with Crippen molar-refractivity contribution in [1.29, 1.82) is 0 Å². The molecule has 0 atom stereocenters. The van der Waals surface area contributed by atoms with E-state index in [-0.39, 0.29) is 0 Å². The van der Waals surface area contributed by atoms with Crippen LogP contribution in [0, 0.1) is 11.7 Å². The second kappa shape index (κ2) is 10.3. The summed E-state index contributed by atoms with van der Waals surface area (Å²) >= 11 is 12.4. The molecule has 0 spiro atoms. The maximum Gasteiger partial charge on any atom is 0.192 e. The van der Waals surface area contributed by atoms with Gasteiger partial charge in [-0.25, -0.2) is 9.97 Å². The molecular weight excluding hydrogens is 528 g/mol. The third kappa shape index (κ3) is 4.54. The summed E-state index contributed by atoms with van der Waals surface area (Å²) in [5.74, 6) is 0.661. The van der Waals surface area contributed by atoms with Crippen molar-refractivity contribution in [3.63, 3.8) is 0 Å². The molecule has 0 amide bonds. The molecule has 6 rings (SSSR count). The van der Waals surface area contributed by atoms with Gasteiger partial charge in [0, 0.05) is 5.02 Å². The van der Waals surface area contributed by atoms with E-state index in [1.807, 2.05) is 113 Å². The van der Waals surface area contributed by atoms with Gasteiger partial charge in [0.1, 0.15) is 5.75 Å². The maximum atomic E-state index is 6.25. The number of nitrogens with zero attached hydrogens (tertiary/aromatic N) is 5. The Balaban J connectivity index is 1.82. The van der Waals surface area contributed by atoms with Gasteiger partial charge in [-0.15, -0.1) is 0 Å². The Morgan fingerprint density at radius 3 is 2.10 bits per heavy atom. The Hall–Kier alpha value is -4.53. The number of rotatable bonds is 5. The highest BCUT2D eigenvalue weighted by atomic mass is 35.5. The van der Waals surface area contributed by atoms with Gasteiger partial charge in [-0.3, -0.25) is 14.6 Å². The molecule has 9 heteroatoms. The van der Waals surface area contributed by atoms with Gasteiger partial charge in [-0.2, -0.15) is 5.10 Å². The molecule has 0 aliphatic carbocycles. The first kappa shape index (κ1) is 24.8. The molecule has 2 heterocycles. The van der Waals surface area contributed by atoms with Crippen molar-refractivity contribution in [2.45, 2.75) is 6.92 Å². The predicted molar refractivity (Wildman–Crippen MR) is 158 cm³/mol. The van der Waals surface area contributed by atoms with E-state index in [2.05, 4.69) is 5.43 Å². The summed E-state index contributed by atoms with van der Waals surface area (Å²) in [6, 6.07) is 30.9. The third-order valence-electron chi connectivity index (χ3n) is 6.40. The summed E-state index contributed by atoms with van der Waals surface area (Å²) in [6.07, 6.45) is 0. The standard InChI is InChI=1S/C30H23ClN6OS/c1-19-9-3-7-13-25(19)37-29-27(35-34-24-12-6-8-14-26(24)38-2)28(32-22-10-4-5-11-23(22)33-29)36(30(37)39)21-17-15-20(31)16-18-21/h3-18,34H,1-2H3. The summed E-state index contributed by atoms with van der Waals surface area (Å²) in [6.45, 7) is 2.04. The summed E-state index contributed by atoms with van der Waals surface area (Å²) in [5.41, 5.74) is 9.14. The topological polar surface area (TPSA) is 69.3 Å². The van der Waals surface area contributed by atoms with Crippen molar-refractivity contribution in [3.8, 4) is 17.1 Å². The molecule has 0 radical (unpaired) electrons. The normalized spacial score (nSPS) is 11.7. The number of halogens is 1. The molecule has 7 nitrogen and oxygen atoms in total. The molecule has 2 aromatic heterocycles. The molecule has 6 aromatic rings. The first-order chi connectivity index (χ1) is 19.0. The van der Waals surface area contributed by atoms with E-state index in [4.69, 9.17) is 43.6 Å². The minimum Gasteiger partial charge on any atom is -0.495 e. The summed E-state index contributed by atoms with van der Waals surface area (Å²) in [7, 11) is 1.62. The van der Waals surface area contributed by atoms with Crippen LogP contribution in [0.25, 0.3) is 33.7 Å². The van der Waals surface area contributed by atoms with Crippen molar-refractivity contribution in [3.05, 3.63) is 118 Å². The molecule has 39 heavy (non-hydrogen) atoms. The molecule has 1 N–H and O–H groups in total. The highest BCUT2D eigenvalue weighted by Gasteiger charge is 2.17. The first-order valence-electron chi connectivity index (χ1n) is 12.2. The zero-order valence-electron chi connectivity index (χ0n) is 21.2. The lowest BCUT2D eigenvalue weighted by Gasteiger charge is -2.17. The number of hydrogen-bond donors (Lipinski definition) is 1. The van der Waals surface area contributed by atoms with Crippen molar-refractivity contribution >= 4 is 51.8 Å². The zero-order chi connectivity index (χ0) is 26.9. The molecule has 0 unspecified atom stereocenters. The molecule has 2 bridgehead atoms. The van der Waals surface area contributed by atoms with Crippen LogP contribution in [-0.2, 0) is 0 Å². The van der Waals surface area contributed by atoms with Gasteiger partial charge >= 0.3 is 0 Å². The van der Waals surface area contributed by atoms with E-state index >= 15 is 0 Å². The number of hydrogen-bond acceptors (Lipinski definition) is 6. The Morgan fingerprint density at radius 1 is 0.795 bits per heavy atom. The number of aromatic nitrogens is 4. The van der Waals surface area contributed by atoms with Gasteiger partial charge in [-0.1, -0.05) is 54.1 Å². The molecular formula is C30H23ClN6OS. The first-order valence-corrected chi connectivity index (χ1v) is 13.0. The minimum atomic E-state index is 0.494. The van der Waals surface area contributed by atoms with Crippen LogP contribution in [0.3, 0.4) is 0 Å². The van der Waals surface area contributed by atoms with E-state index in [0.717, 1.165) is 16.9 Å². The zero-order valence-corrected chi connectivity index (χ0v) is 22.7. The van der Waals surface area contributed by atoms with E-state index < -0.39 is 0 Å². The average Bonchev–Trinajstić information content (AvgIpc) is 3.08. The van der Waals surface area contributed by atoms with Crippen molar-refractivity contribution in [2.24, 2.45) is 5.10 Å². The summed E-state index contributed by atoms with van der Waals surface area (Å²) in [4.78, 5) is 10.1. The highest BCUT2D eigenvalue weighted by molar-refractivity contribution is 7.71. The fourth-order valence-corrected chi connectivity index (χ4v) is 4.99. The van der Waals surface area contributed by atoms with E-state index in [1.54, 1.807) is 7.11 Å². The molecule has 0 saturated carbocycles. The molecule has 0 aliphatic rings. The smallest absolute Gasteiger partial charge is 0.192 e. The third-order valence-corrected chi connectivity index (χ3v) is 7.02. The van der Waals surface area contributed by atoms with Crippen molar-refractivity contribution in [1.82, 2.24) is 19.1 Å². The van der Waals surface area contributed by atoms with Crippen LogP contribution in [0.15, 0.2) is 102 Å². The molecule has 0 fully saturated rings. The van der Waals surface area contributed by atoms with Crippen LogP contribution in [0.2, 0.25) is 5.02 Å². The van der Waals surface area contributed by atoms with Gasteiger partial charge < -0.3 is 4.74 Å². The van der Waals surface area contributed by atoms with Gasteiger partial charge in [-0.05, 0) is 79.3 Å². The van der Waals surface area contributed by atoms with Crippen LogP contribution in [-0.4, -0.2) is 26.2 Å². The lowest BCUT2D eigenvalue weighted by Crippen LogP contribution is -2.23. The Bertz CT molecular complexity index is 1980. The number of para-hydroxylation sites is 5. The lowest BCUT2D eigenvalue weighted by atomic mass is 10.2. The average molecular weight is 551 g/mol. The number of benzene rings is 4. The summed E-state index contributed by atoms with van der Waals surface area (Å²) in [5, 5.41) is 6.02. The van der Waals surface area contributed by atoms with E-state index in [9.17, 15) is 0 Å². The molecule has 0 aliphatic heterocycles. The molecule has 192 valence electrons. The Morgan fingerprint density at radius 2 is 1.41 bits per heavy atom. The van der Waals surface area contributed by atoms with E-state index in [1.165, 1.54) is 0 Å². The fourth-order valence-electron chi connectivity index (χ4n) is 4.49. The van der Waals surface area contributed by atoms with Gasteiger partial charge in [0.15, 0.2) is 21.4 Å². The van der Waals surface area contributed by atoms with Crippen molar-refractivity contribution < 1.29 is 4.74 Å². The number of aryl methyl sites for hydroxylation is 1. The van der Waals surface area contributed by atoms with Crippen molar-refractivity contribution in [2.75, 3.05) is 12.5 Å². The quantitative estimate of drug-likeness (QED) is 0.185. The number of nitrogens with one attached hydrogen (secondary N) is 1. The Labute approximate surface area is 234 Å². The van der Waals surface area contributed by atoms with Crippen LogP contribution >= 0.6 is 23.8 Å². The number of methoxy groups -OCH3 is 1. The van der Waals surface area contributed by atoms with E-state index in [0.29, 0.717) is 48.9 Å². The minimum absolute atomic E-state index is 0.494.